The Hall–Kier alpha value is -0.780. The van der Waals surface area contributed by atoms with Gasteiger partial charge in [0.25, 0.3) is 0 Å². The number of carbonyl (C=O) groups is 2. The third-order valence-electron chi connectivity index (χ3n) is 3.16. The van der Waals surface area contributed by atoms with Crippen LogP contribution in [0.3, 0.4) is 0 Å². The van der Waals surface area contributed by atoms with E-state index in [1.165, 1.54) is 0 Å². The van der Waals surface area contributed by atoms with Gasteiger partial charge in [-0.2, -0.15) is 0 Å². The van der Waals surface area contributed by atoms with Gasteiger partial charge in [-0.25, -0.2) is 0 Å². The molecule has 0 bridgehead atoms. The van der Waals surface area contributed by atoms with Gasteiger partial charge >= 0.3 is 0 Å². The number of ketones is 1. The number of hydrogen-bond donors (Lipinski definition) is 1. The van der Waals surface area contributed by atoms with Crippen molar-refractivity contribution in [2.45, 2.75) is 90.8 Å². The number of rotatable bonds is 10. The summed E-state index contributed by atoms with van der Waals surface area (Å²) < 4.78 is 11.4. The van der Waals surface area contributed by atoms with Crippen LogP contribution in [0.1, 0.15) is 60.8 Å². The van der Waals surface area contributed by atoms with E-state index in [4.69, 9.17) is 15.2 Å². The lowest BCUT2D eigenvalue weighted by molar-refractivity contribution is -0.131. The molecule has 124 valence electrons. The number of aldehydes is 1. The molecule has 2 N–H and O–H groups in total. The van der Waals surface area contributed by atoms with Crippen molar-refractivity contribution in [1.29, 1.82) is 0 Å². The molecule has 4 atom stereocenters. The summed E-state index contributed by atoms with van der Waals surface area (Å²) in [6.07, 6.45) is 1.36. The Morgan fingerprint density at radius 2 is 1.86 bits per heavy atom. The highest BCUT2D eigenvalue weighted by molar-refractivity contribution is 5.84. The summed E-state index contributed by atoms with van der Waals surface area (Å²) >= 11 is 0. The molecule has 0 heterocycles. The predicted molar refractivity (Wildman–Crippen MR) is 83.2 cm³/mol. The summed E-state index contributed by atoms with van der Waals surface area (Å²) in [7, 11) is 0. The molecule has 5 heteroatoms. The molecule has 0 aromatic carbocycles. The van der Waals surface area contributed by atoms with Gasteiger partial charge in [0.15, 0.2) is 5.78 Å². The van der Waals surface area contributed by atoms with E-state index in [2.05, 4.69) is 0 Å². The highest BCUT2D eigenvalue weighted by Gasteiger charge is 2.27. The highest BCUT2D eigenvalue weighted by atomic mass is 16.5. The van der Waals surface area contributed by atoms with E-state index in [1.54, 1.807) is 13.8 Å². The Kier molecular flexibility index (Phi) is 8.94. The Morgan fingerprint density at radius 1 is 1.29 bits per heavy atom. The van der Waals surface area contributed by atoms with Crippen molar-refractivity contribution in [3.63, 3.8) is 0 Å². The molecular weight excluding hydrogens is 270 g/mol. The second-order valence-electron chi connectivity index (χ2n) is 6.51. The fourth-order valence-corrected chi connectivity index (χ4v) is 2.03. The number of Topliss-reactive ketones (excluding diaryl/α,β-unsaturated/α-hetero) is 1. The molecule has 0 saturated carbocycles. The molecule has 4 unspecified atom stereocenters. The second-order valence-corrected chi connectivity index (χ2v) is 6.51. The zero-order chi connectivity index (χ0) is 16.6. The number of hydrogen-bond acceptors (Lipinski definition) is 5. The molecule has 0 aliphatic carbocycles. The predicted octanol–water partition coefficient (Wildman–Crippen LogP) is 2.25. The monoisotopic (exact) mass is 301 g/mol. The van der Waals surface area contributed by atoms with Crippen molar-refractivity contribution in [3.8, 4) is 0 Å². The van der Waals surface area contributed by atoms with Crippen LogP contribution in [0.5, 0.6) is 0 Å². The first-order valence-electron chi connectivity index (χ1n) is 7.65. The first-order valence-corrected chi connectivity index (χ1v) is 7.65. The van der Waals surface area contributed by atoms with E-state index in [0.717, 1.165) is 12.7 Å². The molecule has 21 heavy (non-hydrogen) atoms. The van der Waals surface area contributed by atoms with Crippen LogP contribution in [0.4, 0.5) is 0 Å². The van der Waals surface area contributed by atoms with Crippen LogP contribution < -0.4 is 5.73 Å². The first-order chi connectivity index (χ1) is 9.60. The summed E-state index contributed by atoms with van der Waals surface area (Å²) in [4.78, 5) is 22.6. The minimum absolute atomic E-state index is 0.0723. The maximum absolute atomic E-state index is 12.2. The first kappa shape index (κ1) is 20.2. The average molecular weight is 301 g/mol. The molecule has 0 rings (SSSR count). The molecule has 0 aliphatic rings. The van der Waals surface area contributed by atoms with Crippen molar-refractivity contribution in [3.05, 3.63) is 0 Å². The number of nitrogens with two attached hydrogens (primary N) is 1. The van der Waals surface area contributed by atoms with E-state index in [-0.39, 0.29) is 30.0 Å². The standard InChI is InChI=1S/C16H31NO4/c1-7-13(21-16(4,5)6)10-14(19)15(17)12(3)20-11(2)8-9-18/h9,11-13,15H,7-8,10,17H2,1-6H3. The molecule has 0 aromatic heterocycles. The lowest BCUT2D eigenvalue weighted by Gasteiger charge is -2.28. The van der Waals surface area contributed by atoms with Gasteiger partial charge in [-0.3, -0.25) is 4.79 Å². The molecule has 0 saturated heterocycles. The largest absolute Gasteiger partial charge is 0.373 e. The van der Waals surface area contributed by atoms with Crippen LogP contribution in [0, 0.1) is 0 Å². The zero-order valence-corrected chi connectivity index (χ0v) is 14.2. The lowest BCUT2D eigenvalue weighted by atomic mass is 10.0. The Bertz CT molecular complexity index is 325. The smallest absolute Gasteiger partial charge is 0.154 e. The molecule has 0 fully saturated rings. The Morgan fingerprint density at radius 3 is 2.29 bits per heavy atom. The summed E-state index contributed by atoms with van der Waals surface area (Å²) in [5.74, 6) is -0.0723. The highest BCUT2D eigenvalue weighted by Crippen LogP contribution is 2.17. The average Bonchev–Trinajstić information content (AvgIpc) is 2.35. The summed E-state index contributed by atoms with van der Waals surface area (Å²) in [5, 5.41) is 0. The van der Waals surface area contributed by atoms with Crippen molar-refractivity contribution < 1.29 is 19.1 Å². The van der Waals surface area contributed by atoms with Gasteiger partial charge in [0.05, 0.1) is 30.0 Å². The van der Waals surface area contributed by atoms with Crippen LogP contribution in [0.25, 0.3) is 0 Å². The Balaban J connectivity index is 4.44. The van der Waals surface area contributed by atoms with Gasteiger partial charge in [0.1, 0.15) is 6.29 Å². The van der Waals surface area contributed by atoms with Crippen LogP contribution in [0.15, 0.2) is 0 Å². The van der Waals surface area contributed by atoms with Crippen molar-refractivity contribution >= 4 is 12.1 Å². The van der Waals surface area contributed by atoms with Gasteiger partial charge < -0.3 is 20.0 Å². The maximum Gasteiger partial charge on any atom is 0.154 e. The fourth-order valence-electron chi connectivity index (χ4n) is 2.03. The van der Waals surface area contributed by atoms with Crippen molar-refractivity contribution in [2.24, 2.45) is 5.73 Å². The minimum Gasteiger partial charge on any atom is -0.373 e. The zero-order valence-electron chi connectivity index (χ0n) is 14.2. The second kappa shape index (κ2) is 9.28. The van der Waals surface area contributed by atoms with Crippen LogP contribution in [0.2, 0.25) is 0 Å². The molecular formula is C16H31NO4. The van der Waals surface area contributed by atoms with Crippen molar-refractivity contribution in [2.75, 3.05) is 0 Å². The Labute approximate surface area is 128 Å². The number of carbonyl (C=O) groups excluding carboxylic acids is 2. The molecule has 0 radical (unpaired) electrons. The topological polar surface area (TPSA) is 78.6 Å². The lowest BCUT2D eigenvalue weighted by Crippen LogP contribution is -2.44. The third-order valence-corrected chi connectivity index (χ3v) is 3.16. The summed E-state index contributed by atoms with van der Waals surface area (Å²) in [6, 6.07) is -0.697. The van der Waals surface area contributed by atoms with Crippen LogP contribution in [-0.2, 0) is 19.1 Å². The molecule has 0 amide bonds. The van der Waals surface area contributed by atoms with E-state index in [1.807, 2.05) is 27.7 Å². The molecule has 0 aliphatic heterocycles. The molecule has 5 nitrogen and oxygen atoms in total. The maximum atomic E-state index is 12.2. The summed E-state index contributed by atoms with van der Waals surface area (Å²) in [6.45, 7) is 11.4. The SMILES string of the molecule is CCC(CC(=O)C(N)C(C)OC(C)CC=O)OC(C)(C)C. The van der Waals surface area contributed by atoms with Gasteiger partial charge in [-0.1, -0.05) is 6.92 Å². The van der Waals surface area contributed by atoms with E-state index >= 15 is 0 Å². The van der Waals surface area contributed by atoms with Gasteiger partial charge in [-0.05, 0) is 41.0 Å². The molecule has 0 spiro atoms. The van der Waals surface area contributed by atoms with Gasteiger partial charge in [0, 0.05) is 12.8 Å². The minimum atomic E-state index is -0.697. The van der Waals surface area contributed by atoms with Gasteiger partial charge in [-0.15, -0.1) is 0 Å². The quantitative estimate of drug-likeness (QED) is 0.626. The van der Waals surface area contributed by atoms with E-state index in [9.17, 15) is 9.59 Å². The fraction of sp³-hybridized carbons (Fsp3) is 0.875. The van der Waals surface area contributed by atoms with Crippen molar-refractivity contribution in [1.82, 2.24) is 0 Å². The van der Waals surface area contributed by atoms with Crippen LogP contribution >= 0.6 is 0 Å². The summed E-state index contributed by atoms with van der Waals surface area (Å²) in [5.41, 5.74) is 5.67. The van der Waals surface area contributed by atoms with E-state index in [0.29, 0.717) is 6.42 Å². The number of ether oxygens (including phenoxy) is 2. The van der Waals surface area contributed by atoms with E-state index < -0.39 is 12.1 Å². The van der Waals surface area contributed by atoms with Crippen LogP contribution in [-0.4, -0.2) is 42.0 Å². The third kappa shape index (κ3) is 8.96. The normalized spacial score (nSPS) is 17.9. The van der Waals surface area contributed by atoms with Gasteiger partial charge in [0.2, 0.25) is 0 Å². The molecule has 0 aromatic rings.